The highest BCUT2D eigenvalue weighted by atomic mass is 32.2. The van der Waals surface area contributed by atoms with Crippen molar-refractivity contribution in [2.24, 2.45) is 0 Å². The van der Waals surface area contributed by atoms with E-state index in [4.69, 9.17) is 4.74 Å². The fourth-order valence-corrected chi connectivity index (χ4v) is 9.38. The number of hydrogen-bond donors (Lipinski definition) is 4. The van der Waals surface area contributed by atoms with E-state index in [2.05, 4.69) is 30.4 Å². The maximum absolute atomic E-state index is 15.7. The number of benzene rings is 3. The lowest BCUT2D eigenvalue weighted by Gasteiger charge is -2.36. The number of unbranched alkanes of at least 4 members (excludes halogenated alkanes) is 1. The number of ether oxygens (including phenoxy) is 1. The number of amides is 3. The number of H-pyrrole nitrogens is 1. The van der Waals surface area contributed by atoms with E-state index in [-0.39, 0.29) is 49.1 Å². The van der Waals surface area contributed by atoms with Crippen LogP contribution in [0.2, 0.25) is 0 Å². The minimum Gasteiger partial charge on any atom is -0.493 e. The van der Waals surface area contributed by atoms with Crippen molar-refractivity contribution in [3.8, 4) is 16.9 Å². The fourth-order valence-electron chi connectivity index (χ4n) is 8.05. The van der Waals surface area contributed by atoms with Crippen LogP contribution >= 0.6 is 0 Å². The highest BCUT2D eigenvalue weighted by molar-refractivity contribution is 7.90. The minimum absolute atomic E-state index is 0.00623. The number of rotatable bonds is 15. The van der Waals surface area contributed by atoms with Gasteiger partial charge >= 0.3 is 10.2 Å². The molecule has 8 rings (SSSR count). The molecular formula is C44H44F4N8O7S. The number of carbonyl (C=O) groups is 4. The van der Waals surface area contributed by atoms with Crippen LogP contribution in [0.15, 0.2) is 73.1 Å². The first kappa shape index (κ1) is 44.2. The Kier molecular flexibility index (Phi) is 13.0. The number of aromatic nitrogens is 2. The molecule has 3 aliphatic heterocycles. The second kappa shape index (κ2) is 18.8. The Morgan fingerprint density at radius 1 is 0.875 bits per heavy atom. The summed E-state index contributed by atoms with van der Waals surface area (Å²) in [6.07, 6.45) is 3.22. The number of aromatic amines is 1. The predicted octanol–water partition coefficient (Wildman–Crippen LogP) is 5.44. The molecule has 64 heavy (non-hydrogen) atoms. The molecule has 5 aromatic rings. The summed E-state index contributed by atoms with van der Waals surface area (Å²) in [5.74, 6) is -5.95. The Hall–Kier alpha value is -6.38. The van der Waals surface area contributed by atoms with Crippen LogP contribution in [-0.4, -0.2) is 109 Å². The van der Waals surface area contributed by atoms with Gasteiger partial charge in [0, 0.05) is 79.8 Å². The van der Waals surface area contributed by atoms with Crippen molar-refractivity contribution in [3.05, 3.63) is 107 Å². The Labute approximate surface area is 365 Å². The number of hydrogen-bond acceptors (Lipinski definition) is 10. The van der Waals surface area contributed by atoms with Gasteiger partial charge in [-0.15, -0.1) is 0 Å². The topological polar surface area (TPSA) is 186 Å². The van der Waals surface area contributed by atoms with Crippen molar-refractivity contribution in [1.29, 1.82) is 0 Å². The van der Waals surface area contributed by atoms with E-state index in [1.807, 2.05) is 29.0 Å². The molecule has 0 aliphatic carbocycles. The van der Waals surface area contributed by atoms with Gasteiger partial charge in [0.05, 0.1) is 23.4 Å². The number of ketones is 1. The molecule has 0 radical (unpaired) electrons. The molecule has 3 fully saturated rings. The molecule has 0 spiro atoms. The number of piperidine rings is 1. The summed E-state index contributed by atoms with van der Waals surface area (Å²) in [6, 6.07) is 14.1. The van der Waals surface area contributed by atoms with E-state index in [0.29, 0.717) is 27.5 Å². The molecule has 4 N–H and O–H groups in total. The Morgan fingerprint density at radius 2 is 1.66 bits per heavy atom. The van der Waals surface area contributed by atoms with Gasteiger partial charge in [-0.3, -0.25) is 34.1 Å². The average molecular weight is 905 g/mol. The first-order valence-electron chi connectivity index (χ1n) is 20.8. The van der Waals surface area contributed by atoms with Crippen LogP contribution in [0.1, 0.15) is 64.8 Å². The summed E-state index contributed by atoms with van der Waals surface area (Å²) < 4.78 is 93.5. The minimum atomic E-state index is -4.52. The summed E-state index contributed by atoms with van der Waals surface area (Å²) in [4.78, 5) is 61.4. The quantitative estimate of drug-likeness (QED) is 0.0347. The Bertz CT molecular complexity index is 2710. The molecule has 20 heteroatoms. The molecule has 15 nitrogen and oxygen atoms in total. The smallest absolute Gasteiger partial charge is 0.304 e. The van der Waals surface area contributed by atoms with E-state index < -0.39 is 74.8 Å². The van der Waals surface area contributed by atoms with Crippen molar-refractivity contribution in [3.63, 3.8) is 0 Å². The van der Waals surface area contributed by atoms with Gasteiger partial charge in [0.1, 0.15) is 29.1 Å². The summed E-state index contributed by atoms with van der Waals surface area (Å²) in [5, 5.41) is 4.91. The summed E-state index contributed by atoms with van der Waals surface area (Å²) in [7, 11) is -4.52. The van der Waals surface area contributed by atoms with Gasteiger partial charge in [-0.1, -0.05) is 12.1 Å². The Morgan fingerprint density at radius 3 is 2.38 bits per heavy atom. The molecule has 2 atom stereocenters. The molecule has 3 aliphatic rings. The second-order valence-corrected chi connectivity index (χ2v) is 17.4. The van der Waals surface area contributed by atoms with E-state index in [9.17, 15) is 36.4 Å². The van der Waals surface area contributed by atoms with Gasteiger partial charge in [0.15, 0.2) is 12.1 Å². The van der Waals surface area contributed by atoms with Crippen molar-refractivity contribution in [1.82, 2.24) is 29.8 Å². The summed E-state index contributed by atoms with van der Waals surface area (Å²) >= 11 is 0. The molecule has 5 heterocycles. The number of imide groups is 1. The number of nitrogens with one attached hydrogen (secondary N) is 4. The maximum Gasteiger partial charge on any atom is 0.304 e. The van der Waals surface area contributed by atoms with E-state index in [1.165, 1.54) is 18.3 Å². The zero-order chi connectivity index (χ0) is 45.1. The van der Waals surface area contributed by atoms with Crippen LogP contribution in [-0.2, 0) is 19.8 Å². The van der Waals surface area contributed by atoms with E-state index in [0.717, 1.165) is 75.0 Å². The average Bonchev–Trinajstić information content (AvgIpc) is 3.92. The number of fused-ring (bicyclic) bond motifs is 1. The predicted molar refractivity (Wildman–Crippen MR) is 228 cm³/mol. The number of pyridine rings is 1. The van der Waals surface area contributed by atoms with Crippen LogP contribution in [0.3, 0.4) is 0 Å². The number of anilines is 2. The van der Waals surface area contributed by atoms with Crippen LogP contribution < -0.4 is 25.0 Å². The van der Waals surface area contributed by atoms with Crippen molar-refractivity contribution < 1.29 is 49.9 Å². The lowest BCUT2D eigenvalue weighted by Crippen LogP contribution is -2.52. The second-order valence-electron chi connectivity index (χ2n) is 15.8. The number of nitrogens with zero attached hydrogens (tertiary/aromatic N) is 4. The molecular weight excluding hydrogens is 861 g/mol. The number of alkyl halides is 1. The first-order valence-corrected chi connectivity index (χ1v) is 22.3. The SMILES string of the molecule is O=C1CC[C@H](NC(=O)c2ccc(OCCCCN3CCN(c4ccc(-c5cnc6[nH]cc(C(=O)c7c(F)ccc(NS(=O)(=O)N8CCCC8F)c7F)c6c5)cc4)CC3)cc2F)C(=O)N1. The Balaban J connectivity index is 0.815. The number of halogens is 4. The van der Waals surface area contributed by atoms with Gasteiger partial charge in [-0.25, -0.2) is 22.5 Å². The third-order valence-electron chi connectivity index (χ3n) is 11.6. The molecule has 3 saturated heterocycles. The first-order chi connectivity index (χ1) is 30.8. The van der Waals surface area contributed by atoms with Gasteiger partial charge in [-0.2, -0.15) is 12.7 Å². The number of piperazine rings is 1. The monoisotopic (exact) mass is 904 g/mol. The van der Waals surface area contributed by atoms with Crippen molar-refractivity contribution >= 4 is 56.1 Å². The zero-order valence-corrected chi connectivity index (χ0v) is 35.2. The van der Waals surface area contributed by atoms with Crippen LogP contribution in [0.25, 0.3) is 22.2 Å². The van der Waals surface area contributed by atoms with Crippen LogP contribution in [0, 0.1) is 17.5 Å². The lowest BCUT2D eigenvalue weighted by molar-refractivity contribution is -0.134. The summed E-state index contributed by atoms with van der Waals surface area (Å²) in [6.45, 7) is 4.38. The normalized spacial score (nSPS) is 18.6. The third kappa shape index (κ3) is 9.58. The molecule has 0 saturated carbocycles. The standard InChI is InChI=1S/C44H44F4N8O7S/c45-33-11-12-35(53-64(61,62)56-16-3-4-37(56)47)40(48)39(33)41(58)32-25-50-42-31(32)22-27(24-49-42)26-5-7-28(8-6-26)55-19-17-54(18-20-55)15-1-2-21-63-29-9-10-30(34(46)23-29)43(59)51-36-13-14-38(57)52-44(36)60/h5-12,22-25,36-37,53H,1-4,13-21H2,(H,49,50)(H,51,59)(H,52,57,60)/t36-,37?/m0/s1. The highest BCUT2D eigenvalue weighted by Gasteiger charge is 2.36. The maximum atomic E-state index is 15.7. The van der Waals surface area contributed by atoms with Gasteiger partial charge in [0.25, 0.3) is 5.91 Å². The van der Waals surface area contributed by atoms with Crippen LogP contribution in [0.4, 0.5) is 28.9 Å². The van der Waals surface area contributed by atoms with Crippen LogP contribution in [0.5, 0.6) is 5.75 Å². The van der Waals surface area contributed by atoms with Gasteiger partial charge < -0.3 is 19.9 Å². The molecule has 2 aromatic heterocycles. The molecule has 336 valence electrons. The largest absolute Gasteiger partial charge is 0.493 e. The van der Waals surface area contributed by atoms with E-state index in [1.54, 1.807) is 12.3 Å². The van der Waals surface area contributed by atoms with Crippen molar-refractivity contribution in [2.75, 3.05) is 55.5 Å². The third-order valence-corrected chi connectivity index (χ3v) is 13.1. The molecule has 3 aromatic carbocycles. The summed E-state index contributed by atoms with van der Waals surface area (Å²) in [5.41, 5.74) is 0.784. The highest BCUT2D eigenvalue weighted by Crippen LogP contribution is 2.32. The molecule has 1 unspecified atom stereocenters. The zero-order valence-electron chi connectivity index (χ0n) is 34.3. The van der Waals surface area contributed by atoms with Gasteiger partial charge in [-0.05, 0) is 86.7 Å². The number of carbonyl (C=O) groups excluding carboxylic acids is 4. The van der Waals surface area contributed by atoms with Crippen molar-refractivity contribution in [2.45, 2.75) is 50.9 Å². The fraction of sp³-hybridized carbons (Fsp3) is 0.341. The van der Waals surface area contributed by atoms with E-state index >= 15 is 8.78 Å². The molecule has 3 amide bonds. The molecule has 0 bridgehead atoms. The van der Waals surface area contributed by atoms with Gasteiger partial charge in [0.2, 0.25) is 17.6 Å². The lowest BCUT2D eigenvalue weighted by atomic mass is 9.99.